The molecule has 116 valence electrons. The highest BCUT2D eigenvalue weighted by molar-refractivity contribution is 5.66. The number of amides is 1. The van der Waals surface area contributed by atoms with E-state index in [4.69, 9.17) is 0 Å². The van der Waals surface area contributed by atoms with E-state index in [9.17, 15) is 15.0 Å². The Balaban J connectivity index is 2.14. The molecule has 1 aliphatic rings. The second-order valence-electron chi connectivity index (χ2n) is 6.36. The molecule has 0 unspecified atom stereocenters. The van der Waals surface area contributed by atoms with Crippen molar-refractivity contribution in [3.63, 3.8) is 0 Å². The van der Waals surface area contributed by atoms with Crippen molar-refractivity contribution < 1.29 is 15.0 Å². The summed E-state index contributed by atoms with van der Waals surface area (Å²) in [5.74, 6) is 0.771. The summed E-state index contributed by atoms with van der Waals surface area (Å²) >= 11 is 0. The van der Waals surface area contributed by atoms with Crippen LogP contribution in [-0.2, 0) is 0 Å². The fraction of sp³-hybridized carbons (Fsp3) is 0.600. The zero-order chi connectivity index (χ0) is 15.8. The first-order chi connectivity index (χ1) is 9.68. The van der Waals surface area contributed by atoms with Gasteiger partial charge >= 0.3 is 6.09 Å². The Kier molecular flexibility index (Phi) is 4.09. The van der Waals surface area contributed by atoms with E-state index in [1.54, 1.807) is 20.0 Å². The molecule has 6 nitrogen and oxygen atoms in total. The van der Waals surface area contributed by atoms with Crippen LogP contribution in [0.3, 0.4) is 0 Å². The molecule has 2 rings (SSSR count). The highest BCUT2D eigenvalue weighted by Crippen LogP contribution is 2.29. The topological polar surface area (TPSA) is 85.7 Å². The molecule has 2 heterocycles. The second-order valence-corrected chi connectivity index (χ2v) is 6.36. The smallest absolute Gasteiger partial charge is 0.407 e. The molecule has 0 radical (unpaired) electrons. The normalized spacial score (nSPS) is 22.4. The number of likely N-dealkylation sites (tertiary alicyclic amines) is 1. The third-order valence-corrected chi connectivity index (χ3v) is 3.92. The van der Waals surface area contributed by atoms with Gasteiger partial charge in [-0.15, -0.1) is 0 Å². The molecule has 2 atom stereocenters. The van der Waals surface area contributed by atoms with Crippen LogP contribution < -0.4 is 5.32 Å². The van der Waals surface area contributed by atoms with Crippen LogP contribution in [0.15, 0.2) is 12.3 Å². The van der Waals surface area contributed by atoms with Gasteiger partial charge < -0.3 is 20.4 Å². The highest BCUT2D eigenvalue weighted by atomic mass is 16.4. The minimum Gasteiger partial charge on any atom is -0.465 e. The summed E-state index contributed by atoms with van der Waals surface area (Å²) in [6, 6.07) is 1.57. The summed E-state index contributed by atoms with van der Waals surface area (Å²) in [6.45, 7) is 7.59. The Hall–Kier alpha value is -1.82. The molecular weight excluding hydrogens is 270 g/mol. The molecule has 3 N–H and O–H groups in total. The van der Waals surface area contributed by atoms with Crippen LogP contribution in [0.5, 0.6) is 0 Å². The van der Waals surface area contributed by atoms with Crippen LogP contribution in [0.1, 0.15) is 31.4 Å². The van der Waals surface area contributed by atoms with Crippen molar-refractivity contribution in [3.8, 4) is 0 Å². The van der Waals surface area contributed by atoms with Gasteiger partial charge in [0.2, 0.25) is 0 Å². The molecule has 1 aromatic rings. The molecule has 0 aliphatic carbocycles. The third-order valence-electron chi connectivity index (χ3n) is 3.92. The van der Waals surface area contributed by atoms with E-state index < -0.39 is 17.7 Å². The Labute approximate surface area is 124 Å². The molecule has 0 saturated carbocycles. The van der Waals surface area contributed by atoms with Gasteiger partial charge in [-0.3, -0.25) is 0 Å². The summed E-state index contributed by atoms with van der Waals surface area (Å²) in [5.41, 5.74) is 1.06. The van der Waals surface area contributed by atoms with E-state index in [0.717, 1.165) is 16.9 Å². The van der Waals surface area contributed by atoms with Gasteiger partial charge in [0.25, 0.3) is 0 Å². The van der Waals surface area contributed by atoms with Gasteiger partial charge in [-0.2, -0.15) is 0 Å². The van der Waals surface area contributed by atoms with Gasteiger partial charge in [-0.25, -0.2) is 9.78 Å². The zero-order valence-corrected chi connectivity index (χ0v) is 12.9. The van der Waals surface area contributed by atoms with Crippen molar-refractivity contribution in [2.24, 2.45) is 0 Å². The number of aryl methyl sites for hydroxylation is 2. The lowest BCUT2D eigenvalue weighted by atomic mass is 9.96. The van der Waals surface area contributed by atoms with Crippen LogP contribution in [0.2, 0.25) is 0 Å². The third kappa shape index (κ3) is 3.44. The number of hydrogen-bond acceptors (Lipinski definition) is 4. The fourth-order valence-corrected chi connectivity index (χ4v) is 2.88. The summed E-state index contributed by atoms with van der Waals surface area (Å²) in [7, 11) is 0. The van der Waals surface area contributed by atoms with Crippen molar-refractivity contribution >= 4 is 11.9 Å². The standard InChI is InChI=1S/C15H23N3O3/c1-9-5-10(2)13(16-7-9)17-11-6-12(15(3,4)21)18(8-11)14(19)20/h5,7,11-12,21H,6,8H2,1-4H3,(H,16,17)(H,19,20)/t11-,12-/m0/s1. The maximum absolute atomic E-state index is 11.3. The Bertz CT molecular complexity index is 539. The number of anilines is 1. The van der Waals surface area contributed by atoms with E-state index in [-0.39, 0.29) is 6.04 Å². The van der Waals surface area contributed by atoms with Crippen molar-refractivity contribution in [1.82, 2.24) is 9.88 Å². The van der Waals surface area contributed by atoms with Gasteiger partial charge in [0.1, 0.15) is 5.82 Å². The maximum Gasteiger partial charge on any atom is 0.407 e. The molecule has 0 spiro atoms. The van der Waals surface area contributed by atoms with E-state index in [1.807, 2.05) is 19.9 Å². The number of hydrogen-bond donors (Lipinski definition) is 3. The Morgan fingerprint density at radius 3 is 2.62 bits per heavy atom. The van der Waals surface area contributed by atoms with Crippen molar-refractivity contribution in [1.29, 1.82) is 0 Å². The Morgan fingerprint density at radius 1 is 1.48 bits per heavy atom. The van der Waals surface area contributed by atoms with Crippen LogP contribution in [0.25, 0.3) is 0 Å². The molecule has 1 aliphatic heterocycles. The molecular formula is C15H23N3O3. The van der Waals surface area contributed by atoms with E-state index in [2.05, 4.69) is 10.3 Å². The van der Waals surface area contributed by atoms with E-state index in [0.29, 0.717) is 13.0 Å². The van der Waals surface area contributed by atoms with Crippen LogP contribution >= 0.6 is 0 Å². The lowest BCUT2D eigenvalue weighted by molar-refractivity contribution is 0.00183. The number of rotatable bonds is 3. The van der Waals surface area contributed by atoms with Gasteiger partial charge in [-0.1, -0.05) is 6.07 Å². The summed E-state index contributed by atoms with van der Waals surface area (Å²) in [4.78, 5) is 17.0. The highest BCUT2D eigenvalue weighted by Gasteiger charge is 2.43. The van der Waals surface area contributed by atoms with E-state index >= 15 is 0 Å². The first kappa shape index (κ1) is 15.6. The van der Waals surface area contributed by atoms with Crippen molar-refractivity contribution in [3.05, 3.63) is 23.4 Å². The lowest BCUT2D eigenvalue weighted by Crippen LogP contribution is -2.47. The van der Waals surface area contributed by atoms with Gasteiger partial charge in [0.15, 0.2) is 0 Å². The predicted octanol–water partition coefficient (Wildman–Crippen LogP) is 2.00. The Morgan fingerprint density at radius 2 is 2.14 bits per heavy atom. The molecule has 1 amide bonds. The molecule has 0 bridgehead atoms. The summed E-state index contributed by atoms with van der Waals surface area (Å²) in [6.07, 6.45) is 1.34. The average molecular weight is 293 g/mol. The molecule has 1 aromatic heterocycles. The number of carboxylic acid groups (broad SMARTS) is 1. The van der Waals surface area contributed by atoms with Crippen molar-refractivity contribution in [2.45, 2.75) is 51.8 Å². The largest absolute Gasteiger partial charge is 0.465 e. The van der Waals surface area contributed by atoms with E-state index in [1.165, 1.54) is 4.90 Å². The van der Waals surface area contributed by atoms with Crippen LogP contribution in [0, 0.1) is 13.8 Å². The molecule has 1 saturated heterocycles. The minimum absolute atomic E-state index is 0.0496. The summed E-state index contributed by atoms with van der Waals surface area (Å²) < 4.78 is 0. The minimum atomic E-state index is -1.06. The molecule has 6 heteroatoms. The van der Waals surface area contributed by atoms with Crippen molar-refractivity contribution in [2.75, 3.05) is 11.9 Å². The summed E-state index contributed by atoms with van der Waals surface area (Å²) in [5, 5.41) is 22.8. The fourth-order valence-electron chi connectivity index (χ4n) is 2.88. The first-order valence-electron chi connectivity index (χ1n) is 7.10. The predicted molar refractivity (Wildman–Crippen MR) is 80.6 cm³/mol. The quantitative estimate of drug-likeness (QED) is 0.793. The van der Waals surface area contributed by atoms with Gasteiger partial charge in [0.05, 0.1) is 11.6 Å². The number of nitrogens with zero attached hydrogens (tertiary/aromatic N) is 2. The van der Waals surface area contributed by atoms with Crippen LogP contribution in [0.4, 0.5) is 10.6 Å². The molecule has 21 heavy (non-hydrogen) atoms. The van der Waals surface area contributed by atoms with Gasteiger partial charge in [0, 0.05) is 18.8 Å². The van der Waals surface area contributed by atoms with Gasteiger partial charge in [-0.05, 0) is 45.2 Å². The molecule has 0 aromatic carbocycles. The average Bonchev–Trinajstić information content (AvgIpc) is 2.77. The number of aromatic nitrogens is 1. The monoisotopic (exact) mass is 293 g/mol. The lowest BCUT2D eigenvalue weighted by Gasteiger charge is -2.31. The second kappa shape index (κ2) is 5.52. The number of carbonyl (C=O) groups is 1. The molecule has 1 fully saturated rings. The van der Waals surface area contributed by atoms with Crippen LogP contribution in [-0.4, -0.2) is 50.4 Å². The first-order valence-corrected chi connectivity index (χ1v) is 7.10. The number of aliphatic hydroxyl groups is 1. The SMILES string of the molecule is Cc1cnc(N[C@H]2C[C@@H](C(C)(C)O)N(C(=O)O)C2)c(C)c1. The number of pyridine rings is 1. The maximum atomic E-state index is 11.3. The zero-order valence-electron chi connectivity index (χ0n) is 12.9. The number of nitrogens with one attached hydrogen (secondary N) is 1.